The number of aromatic nitrogens is 2. The molecule has 0 radical (unpaired) electrons. The fourth-order valence-electron chi connectivity index (χ4n) is 1.84. The van der Waals surface area contributed by atoms with Crippen molar-refractivity contribution in [2.75, 3.05) is 6.61 Å². The summed E-state index contributed by atoms with van der Waals surface area (Å²) in [6.45, 7) is 2.26. The Kier molecular flexibility index (Phi) is 3.10. The molecule has 0 spiro atoms. The zero-order chi connectivity index (χ0) is 12.4. The molecule has 0 fully saturated rings. The molecule has 0 aliphatic carbocycles. The third-order valence-corrected chi connectivity index (χ3v) is 2.67. The van der Waals surface area contributed by atoms with Gasteiger partial charge in [0.25, 0.3) is 0 Å². The molecule has 2 N–H and O–H groups in total. The molecule has 1 heterocycles. The van der Waals surface area contributed by atoms with Gasteiger partial charge in [-0.2, -0.15) is 0 Å². The largest absolute Gasteiger partial charge is 0.396 e. The second-order valence-corrected chi connectivity index (χ2v) is 4.01. The van der Waals surface area contributed by atoms with E-state index < -0.39 is 11.1 Å². The van der Waals surface area contributed by atoms with Gasteiger partial charge < -0.3 is 14.7 Å². The van der Waals surface area contributed by atoms with Crippen LogP contribution in [-0.4, -0.2) is 21.3 Å². The fourth-order valence-corrected chi connectivity index (χ4v) is 1.84. The molecule has 17 heavy (non-hydrogen) atoms. The minimum atomic E-state index is -0.624. The van der Waals surface area contributed by atoms with Gasteiger partial charge in [0.05, 0.1) is 11.0 Å². The monoisotopic (exact) mass is 234 g/mol. The van der Waals surface area contributed by atoms with Crippen LogP contribution in [0, 0.1) is 6.92 Å². The van der Waals surface area contributed by atoms with E-state index in [9.17, 15) is 9.59 Å². The average molecular weight is 234 g/mol. The molecule has 0 atom stereocenters. The first-order valence-electron chi connectivity index (χ1n) is 5.48. The molecule has 0 amide bonds. The normalized spacial score (nSPS) is 10.9. The first kappa shape index (κ1) is 11.6. The number of H-pyrrole nitrogens is 1. The number of hydrogen-bond acceptors (Lipinski definition) is 3. The van der Waals surface area contributed by atoms with Gasteiger partial charge in [0, 0.05) is 13.2 Å². The molecule has 0 aliphatic rings. The fraction of sp³-hybridized carbons (Fsp3) is 0.333. The predicted molar refractivity (Wildman–Crippen MR) is 65.3 cm³/mol. The van der Waals surface area contributed by atoms with Crippen LogP contribution in [0.2, 0.25) is 0 Å². The smallest absolute Gasteiger partial charge is 0.316 e. The Hall–Kier alpha value is -1.88. The lowest BCUT2D eigenvalue weighted by Crippen LogP contribution is -2.36. The Morgan fingerprint density at radius 2 is 2.12 bits per heavy atom. The molecule has 0 unspecified atom stereocenters. The van der Waals surface area contributed by atoms with Crippen molar-refractivity contribution in [3.05, 3.63) is 44.5 Å². The molecule has 2 aromatic rings. The van der Waals surface area contributed by atoms with E-state index in [2.05, 4.69) is 4.98 Å². The zero-order valence-electron chi connectivity index (χ0n) is 9.56. The van der Waals surface area contributed by atoms with Crippen LogP contribution in [-0.2, 0) is 6.54 Å². The Bertz CT molecular complexity index is 655. The molecule has 5 heteroatoms. The maximum Gasteiger partial charge on any atom is 0.316 e. The molecule has 1 aromatic heterocycles. The molecule has 0 saturated heterocycles. The summed E-state index contributed by atoms with van der Waals surface area (Å²) >= 11 is 0. The van der Waals surface area contributed by atoms with Crippen molar-refractivity contribution in [1.82, 2.24) is 9.55 Å². The lowest BCUT2D eigenvalue weighted by molar-refractivity contribution is 0.280. The number of fused-ring (bicyclic) bond motifs is 1. The number of aliphatic hydroxyl groups excluding tert-OH is 1. The van der Waals surface area contributed by atoms with Crippen molar-refractivity contribution < 1.29 is 5.11 Å². The van der Waals surface area contributed by atoms with Crippen molar-refractivity contribution in [2.24, 2.45) is 0 Å². The van der Waals surface area contributed by atoms with Gasteiger partial charge in [-0.05, 0) is 31.0 Å². The maximum absolute atomic E-state index is 11.7. The molecule has 90 valence electrons. The van der Waals surface area contributed by atoms with Crippen LogP contribution in [0.3, 0.4) is 0 Å². The van der Waals surface area contributed by atoms with E-state index in [1.165, 1.54) is 4.57 Å². The van der Waals surface area contributed by atoms with Gasteiger partial charge in [-0.25, -0.2) is 0 Å². The molecule has 0 bridgehead atoms. The van der Waals surface area contributed by atoms with Crippen LogP contribution in [0.25, 0.3) is 11.0 Å². The number of hydrogen-bond donors (Lipinski definition) is 2. The summed E-state index contributed by atoms with van der Waals surface area (Å²) in [4.78, 5) is 25.8. The molecule has 5 nitrogen and oxygen atoms in total. The van der Waals surface area contributed by atoms with Gasteiger partial charge in [0.1, 0.15) is 0 Å². The summed E-state index contributed by atoms with van der Waals surface area (Å²) in [5, 5.41) is 8.80. The van der Waals surface area contributed by atoms with Gasteiger partial charge in [0.2, 0.25) is 0 Å². The van der Waals surface area contributed by atoms with E-state index in [4.69, 9.17) is 5.11 Å². The number of benzene rings is 1. The van der Waals surface area contributed by atoms with Crippen LogP contribution >= 0.6 is 0 Å². The Morgan fingerprint density at radius 1 is 1.35 bits per heavy atom. The third kappa shape index (κ3) is 2.14. The Labute approximate surface area is 97.3 Å². The number of nitrogens with one attached hydrogen (secondary N) is 1. The molecule has 0 aliphatic heterocycles. The second-order valence-electron chi connectivity index (χ2n) is 4.01. The van der Waals surface area contributed by atoms with Gasteiger partial charge in [-0.1, -0.05) is 6.07 Å². The Balaban J connectivity index is 2.73. The minimum Gasteiger partial charge on any atom is -0.396 e. The van der Waals surface area contributed by atoms with Crippen molar-refractivity contribution in [3.63, 3.8) is 0 Å². The summed E-state index contributed by atoms with van der Waals surface area (Å²) < 4.78 is 1.41. The molecule has 1 aromatic carbocycles. The summed E-state index contributed by atoms with van der Waals surface area (Å²) in [6.07, 6.45) is 0.451. The lowest BCUT2D eigenvalue weighted by Gasteiger charge is -2.09. The number of aryl methyl sites for hydroxylation is 2. The van der Waals surface area contributed by atoms with Gasteiger partial charge >= 0.3 is 11.1 Å². The van der Waals surface area contributed by atoms with E-state index in [1.54, 1.807) is 6.07 Å². The highest BCUT2D eigenvalue weighted by atomic mass is 16.3. The highest BCUT2D eigenvalue weighted by Gasteiger charge is 2.06. The molecule has 2 rings (SSSR count). The van der Waals surface area contributed by atoms with Gasteiger partial charge in [-0.15, -0.1) is 0 Å². The highest BCUT2D eigenvalue weighted by molar-refractivity contribution is 5.75. The second kappa shape index (κ2) is 4.55. The highest BCUT2D eigenvalue weighted by Crippen LogP contribution is 2.10. The van der Waals surface area contributed by atoms with E-state index in [-0.39, 0.29) is 6.61 Å². The van der Waals surface area contributed by atoms with E-state index in [1.807, 2.05) is 19.1 Å². The quantitative estimate of drug-likeness (QED) is 0.754. The first-order valence-corrected chi connectivity index (χ1v) is 5.48. The van der Waals surface area contributed by atoms with Gasteiger partial charge in [-0.3, -0.25) is 9.59 Å². The van der Waals surface area contributed by atoms with Crippen molar-refractivity contribution in [2.45, 2.75) is 19.9 Å². The summed E-state index contributed by atoms with van der Waals surface area (Å²) in [6, 6.07) is 5.51. The maximum atomic E-state index is 11.7. The standard InChI is InChI=1S/C12H14N2O3/c1-8-3-4-10-9(7-8)13-11(16)12(17)14(10)5-2-6-15/h3-4,7,15H,2,5-6H2,1H3,(H,13,16). The van der Waals surface area contributed by atoms with Crippen LogP contribution in [0.5, 0.6) is 0 Å². The summed E-state index contributed by atoms with van der Waals surface area (Å²) in [5.41, 5.74) is 1.15. The Morgan fingerprint density at radius 3 is 2.82 bits per heavy atom. The minimum absolute atomic E-state index is 0.00735. The number of aromatic amines is 1. The molecule has 0 saturated carbocycles. The number of aliphatic hydroxyl groups is 1. The summed E-state index contributed by atoms with van der Waals surface area (Å²) in [7, 11) is 0. The average Bonchev–Trinajstić information content (AvgIpc) is 2.30. The van der Waals surface area contributed by atoms with E-state index in [0.29, 0.717) is 24.0 Å². The number of rotatable bonds is 3. The SMILES string of the molecule is Cc1ccc2c(c1)[nH]c(=O)c(=O)n2CCCO. The van der Waals surface area contributed by atoms with Gasteiger partial charge in [0.15, 0.2) is 0 Å². The molecular formula is C12H14N2O3. The lowest BCUT2D eigenvalue weighted by atomic mass is 10.2. The van der Waals surface area contributed by atoms with Crippen molar-refractivity contribution in [1.29, 1.82) is 0 Å². The first-order chi connectivity index (χ1) is 8.13. The third-order valence-electron chi connectivity index (χ3n) is 2.67. The van der Waals surface area contributed by atoms with E-state index >= 15 is 0 Å². The zero-order valence-corrected chi connectivity index (χ0v) is 9.56. The van der Waals surface area contributed by atoms with Crippen molar-refractivity contribution in [3.8, 4) is 0 Å². The van der Waals surface area contributed by atoms with Crippen LogP contribution < -0.4 is 11.1 Å². The molecular weight excluding hydrogens is 220 g/mol. The predicted octanol–water partition coefficient (Wildman–Crippen LogP) is 0.381. The summed E-state index contributed by atoms with van der Waals surface area (Å²) in [5.74, 6) is 0. The van der Waals surface area contributed by atoms with Crippen LogP contribution in [0.15, 0.2) is 27.8 Å². The van der Waals surface area contributed by atoms with Crippen LogP contribution in [0.1, 0.15) is 12.0 Å². The van der Waals surface area contributed by atoms with Crippen LogP contribution in [0.4, 0.5) is 0 Å². The number of nitrogens with zero attached hydrogens (tertiary/aromatic N) is 1. The van der Waals surface area contributed by atoms with E-state index in [0.717, 1.165) is 5.56 Å². The van der Waals surface area contributed by atoms with Crippen molar-refractivity contribution >= 4 is 11.0 Å². The topological polar surface area (TPSA) is 75.1 Å².